The lowest BCUT2D eigenvalue weighted by atomic mass is 9.83. The summed E-state index contributed by atoms with van der Waals surface area (Å²) >= 11 is 0. The van der Waals surface area contributed by atoms with Crippen LogP contribution in [-0.4, -0.2) is 27.0 Å². The molecule has 0 aromatic carbocycles. The number of hydrogen-bond donors (Lipinski definition) is 2. The van der Waals surface area contributed by atoms with E-state index in [-0.39, 0.29) is 4.90 Å². The van der Waals surface area contributed by atoms with Crippen molar-refractivity contribution in [2.75, 3.05) is 18.9 Å². The Kier molecular flexibility index (Phi) is 4.99. The van der Waals surface area contributed by atoms with Gasteiger partial charge in [0.1, 0.15) is 4.90 Å². The van der Waals surface area contributed by atoms with Crippen LogP contribution in [0.3, 0.4) is 0 Å². The molecule has 0 spiro atoms. The standard InChI is InChI=1S/C14H23N3O2S/c1-11-4-3-5-12(8-11)9-17-20(18,19)14-10-16-7-6-13(14)15-2/h6-7,10-12,17H,3-5,8-9H2,1-2H3,(H,15,16). The molecule has 0 amide bonds. The molecule has 0 radical (unpaired) electrons. The molecule has 1 heterocycles. The first-order valence-electron chi connectivity index (χ1n) is 7.14. The van der Waals surface area contributed by atoms with Crippen molar-refractivity contribution in [2.24, 2.45) is 11.8 Å². The molecule has 0 saturated heterocycles. The minimum Gasteiger partial charge on any atom is -0.387 e. The highest BCUT2D eigenvalue weighted by molar-refractivity contribution is 7.89. The zero-order chi connectivity index (χ0) is 14.6. The Hall–Kier alpha value is -1.14. The first-order chi connectivity index (χ1) is 9.53. The highest BCUT2D eigenvalue weighted by atomic mass is 32.2. The van der Waals surface area contributed by atoms with Crippen LogP contribution >= 0.6 is 0 Å². The van der Waals surface area contributed by atoms with Crippen LogP contribution in [0.5, 0.6) is 0 Å². The molecule has 112 valence electrons. The number of aromatic nitrogens is 1. The Morgan fingerprint density at radius 2 is 2.20 bits per heavy atom. The van der Waals surface area contributed by atoms with Gasteiger partial charge in [-0.1, -0.05) is 19.8 Å². The average Bonchev–Trinajstić information content (AvgIpc) is 2.45. The number of hydrogen-bond acceptors (Lipinski definition) is 4. The maximum Gasteiger partial charge on any atom is 0.244 e. The van der Waals surface area contributed by atoms with Crippen molar-refractivity contribution < 1.29 is 8.42 Å². The van der Waals surface area contributed by atoms with Crippen LogP contribution in [0.4, 0.5) is 5.69 Å². The second kappa shape index (κ2) is 6.54. The van der Waals surface area contributed by atoms with Gasteiger partial charge in [0.05, 0.1) is 5.69 Å². The van der Waals surface area contributed by atoms with E-state index in [1.165, 1.54) is 19.0 Å². The van der Waals surface area contributed by atoms with E-state index in [1.54, 1.807) is 19.3 Å². The maximum atomic E-state index is 12.3. The number of sulfonamides is 1. The summed E-state index contributed by atoms with van der Waals surface area (Å²) in [6.45, 7) is 2.76. The van der Waals surface area contributed by atoms with Gasteiger partial charge in [-0.2, -0.15) is 0 Å². The molecule has 2 N–H and O–H groups in total. The summed E-state index contributed by atoms with van der Waals surface area (Å²) in [5.41, 5.74) is 0.574. The van der Waals surface area contributed by atoms with E-state index in [9.17, 15) is 8.42 Å². The fraction of sp³-hybridized carbons (Fsp3) is 0.643. The molecule has 5 nitrogen and oxygen atoms in total. The van der Waals surface area contributed by atoms with E-state index in [2.05, 4.69) is 21.9 Å². The number of nitrogens with one attached hydrogen (secondary N) is 2. The number of anilines is 1. The van der Waals surface area contributed by atoms with Crippen molar-refractivity contribution in [3.8, 4) is 0 Å². The maximum absolute atomic E-state index is 12.3. The molecular formula is C14H23N3O2S. The van der Waals surface area contributed by atoms with Crippen molar-refractivity contribution in [3.63, 3.8) is 0 Å². The summed E-state index contributed by atoms with van der Waals surface area (Å²) in [7, 11) is -1.79. The second-order valence-electron chi connectivity index (χ2n) is 5.61. The van der Waals surface area contributed by atoms with Gasteiger partial charge < -0.3 is 5.32 Å². The minimum atomic E-state index is -3.49. The van der Waals surface area contributed by atoms with E-state index < -0.39 is 10.0 Å². The molecule has 6 heteroatoms. The third-order valence-electron chi connectivity index (χ3n) is 3.95. The van der Waals surface area contributed by atoms with Crippen molar-refractivity contribution in [3.05, 3.63) is 18.5 Å². The molecule has 1 aliphatic rings. The SMILES string of the molecule is CNc1ccncc1S(=O)(=O)NCC1CCCC(C)C1. The van der Waals surface area contributed by atoms with Gasteiger partial charge in [0.2, 0.25) is 10.0 Å². The first-order valence-corrected chi connectivity index (χ1v) is 8.62. The van der Waals surface area contributed by atoms with E-state index >= 15 is 0 Å². The Balaban J connectivity index is 2.04. The van der Waals surface area contributed by atoms with E-state index in [0.29, 0.717) is 24.1 Å². The molecule has 1 aromatic heterocycles. The predicted molar refractivity (Wildman–Crippen MR) is 80.1 cm³/mol. The second-order valence-corrected chi connectivity index (χ2v) is 7.35. The van der Waals surface area contributed by atoms with E-state index in [1.807, 2.05) is 0 Å². The molecule has 20 heavy (non-hydrogen) atoms. The van der Waals surface area contributed by atoms with Crippen molar-refractivity contribution in [2.45, 2.75) is 37.5 Å². The van der Waals surface area contributed by atoms with Gasteiger partial charge in [0.15, 0.2) is 0 Å². The minimum absolute atomic E-state index is 0.214. The Bertz CT molecular complexity index is 545. The average molecular weight is 297 g/mol. The van der Waals surface area contributed by atoms with E-state index in [4.69, 9.17) is 0 Å². The summed E-state index contributed by atoms with van der Waals surface area (Å²) in [6.07, 6.45) is 7.64. The van der Waals surface area contributed by atoms with Gasteiger partial charge in [-0.15, -0.1) is 0 Å². The molecule has 1 fully saturated rings. The molecular weight excluding hydrogens is 274 g/mol. The topological polar surface area (TPSA) is 71.1 Å². The van der Waals surface area contributed by atoms with Gasteiger partial charge in [-0.25, -0.2) is 13.1 Å². The quantitative estimate of drug-likeness (QED) is 0.874. The number of nitrogens with zero attached hydrogens (tertiary/aromatic N) is 1. The summed E-state index contributed by atoms with van der Waals surface area (Å²) in [5, 5.41) is 2.89. The van der Waals surface area contributed by atoms with Crippen molar-refractivity contribution >= 4 is 15.7 Å². The largest absolute Gasteiger partial charge is 0.387 e. The third kappa shape index (κ3) is 3.70. The van der Waals surface area contributed by atoms with Gasteiger partial charge in [0.25, 0.3) is 0 Å². The molecule has 1 aromatic rings. The zero-order valence-corrected chi connectivity index (χ0v) is 12.9. The fourth-order valence-electron chi connectivity index (χ4n) is 2.85. The van der Waals surface area contributed by atoms with Crippen molar-refractivity contribution in [1.29, 1.82) is 0 Å². The van der Waals surface area contributed by atoms with Crippen LogP contribution < -0.4 is 10.0 Å². The highest BCUT2D eigenvalue weighted by Crippen LogP contribution is 2.28. The Labute approximate surface area is 121 Å². The lowest BCUT2D eigenvalue weighted by molar-refractivity contribution is 0.283. The van der Waals surface area contributed by atoms with Crippen LogP contribution in [0, 0.1) is 11.8 Å². The molecule has 1 aliphatic carbocycles. The zero-order valence-electron chi connectivity index (χ0n) is 12.1. The monoisotopic (exact) mass is 297 g/mol. The molecule has 1 saturated carbocycles. The molecule has 0 bridgehead atoms. The van der Waals surface area contributed by atoms with Crippen molar-refractivity contribution in [1.82, 2.24) is 9.71 Å². The molecule has 2 rings (SSSR count). The predicted octanol–water partition coefficient (Wildman–Crippen LogP) is 2.23. The van der Waals surface area contributed by atoms with E-state index in [0.717, 1.165) is 12.8 Å². The smallest absolute Gasteiger partial charge is 0.244 e. The van der Waals surface area contributed by atoms with Crippen LogP contribution in [0.25, 0.3) is 0 Å². The number of rotatable bonds is 5. The lowest BCUT2D eigenvalue weighted by Gasteiger charge is -2.26. The fourth-order valence-corrected chi connectivity index (χ4v) is 4.12. The normalized spacial score (nSPS) is 23.5. The summed E-state index contributed by atoms with van der Waals surface area (Å²) in [6, 6.07) is 1.66. The summed E-state index contributed by atoms with van der Waals surface area (Å²) in [5.74, 6) is 1.15. The first kappa shape index (κ1) is 15.3. The van der Waals surface area contributed by atoms with Crippen LogP contribution in [0.15, 0.2) is 23.4 Å². The Morgan fingerprint density at radius 1 is 1.40 bits per heavy atom. The lowest BCUT2D eigenvalue weighted by Crippen LogP contribution is -2.32. The number of pyridine rings is 1. The van der Waals surface area contributed by atoms with Gasteiger partial charge >= 0.3 is 0 Å². The van der Waals surface area contributed by atoms with Crippen LogP contribution in [0.1, 0.15) is 32.6 Å². The molecule has 2 atom stereocenters. The highest BCUT2D eigenvalue weighted by Gasteiger charge is 2.23. The third-order valence-corrected chi connectivity index (χ3v) is 5.40. The summed E-state index contributed by atoms with van der Waals surface area (Å²) in [4.78, 5) is 4.12. The van der Waals surface area contributed by atoms with Gasteiger partial charge in [-0.05, 0) is 30.7 Å². The molecule has 0 aliphatic heterocycles. The molecule has 2 unspecified atom stereocenters. The van der Waals surface area contributed by atoms with Crippen LogP contribution in [0.2, 0.25) is 0 Å². The Morgan fingerprint density at radius 3 is 2.90 bits per heavy atom. The van der Waals surface area contributed by atoms with Gasteiger partial charge in [-0.3, -0.25) is 4.98 Å². The summed E-state index contributed by atoms with van der Waals surface area (Å²) < 4.78 is 27.4. The van der Waals surface area contributed by atoms with Crippen LogP contribution in [-0.2, 0) is 10.0 Å². The van der Waals surface area contributed by atoms with Gasteiger partial charge in [0, 0.05) is 26.0 Å².